The molecule has 1 N–H and O–H groups in total. The molecule has 5 rings (SSSR count). The third kappa shape index (κ3) is 4.16. The van der Waals surface area contributed by atoms with Gasteiger partial charge in [-0.3, -0.25) is 0 Å². The number of halogens is 1. The van der Waals surface area contributed by atoms with Gasteiger partial charge in [-0.25, -0.2) is 23.4 Å². The number of piperazine rings is 1. The van der Waals surface area contributed by atoms with Gasteiger partial charge in [-0.1, -0.05) is 23.7 Å². The number of fused-ring (bicyclic) bond motifs is 2. The van der Waals surface area contributed by atoms with Crippen LogP contribution in [0.4, 0.5) is 23.1 Å². The molecule has 0 aliphatic carbocycles. The molecule has 33 heavy (non-hydrogen) atoms. The lowest BCUT2D eigenvalue weighted by Crippen LogP contribution is -2.48. The average Bonchev–Trinajstić information content (AvgIpc) is 3.28. The minimum Gasteiger partial charge on any atom is -0.360 e. The van der Waals surface area contributed by atoms with E-state index in [1.807, 2.05) is 31.2 Å². The minimum absolute atomic E-state index is 0.209. The van der Waals surface area contributed by atoms with Crippen LogP contribution in [-0.4, -0.2) is 66.1 Å². The SMILES string of the molecule is CC(Nc1ncnc2c1N=C=N2)c1cc2cccc(Cl)c2c(N2CCN(S(C)(=O)=O)CC2)n1. The number of hydrogen-bond donors (Lipinski definition) is 1. The van der Waals surface area contributed by atoms with E-state index in [4.69, 9.17) is 16.6 Å². The number of nitrogens with zero attached hydrogens (tertiary/aromatic N) is 7. The summed E-state index contributed by atoms with van der Waals surface area (Å²) in [6.07, 6.45) is 2.67. The summed E-state index contributed by atoms with van der Waals surface area (Å²) in [5.74, 6) is 1.77. The van der Waals surface area contributed by atoms with Crippen LogP contribution in [0.25, 0.3) is 10.8 Å². The van der Waals surface area contributed by atoms with Crippen LogP contribution in [0.15, 0.2) is 40.6 Å². The number of pyridine rings is 1. The van der Waals surface area contributed by atoms with E-state index in [2.05, 4.69) is 36.2 Å². The summed E-state index contributed by atoms with van der Waals surface area (Å²) in [7, 11) is -3.23. The van der Waals surface area contributed by atoms with Crippen molar-refractivity contribution in [2.75, 3.05) is 42.7 Å². The molecule has 0 amide bonds. The third-order valence-electron chi connectivity index (χ3n) is 5.73. The molecule has 1 atom stereocenters. The first-order valence-corrected chi connectivity index (χ1v) is 12.6. The molecule has 0 saturated carbocycles. The van der Waals surface area contributed by atoms with Crippen molar-refractivity contribution in [3.05, 3.63) is 41.3 Å². The first kappa shape index (κ1) is 21.7. The van der Waals surface area contributed by atoms with Gasteiger partial charge in [0.1, 0.15) is 18.2 Å². The summed E-state index contributed by atoms with van der Waals surface area (Å²) in [5, 5.41) is 5.76. The molecular formula is C21H21ClN8O2S. The maximum Gasteiger partial charge on any atom is 0.211 e. The molecule has 10 nitrogen and oxygen atoms in total. The van der Waals surface area contributed by atoms with Crippen LogP contribution in [0.1, 0.15) is 18.7 Å². The number of nitrogens with one attached hydrogen (secondary N) is 1. The van der Waals surface area contributed by atoms with Crippen molar-refractivity contribution in [2.45, 2.75) is 13.0 Å². The number of aromatic nitrogens is 3. The van der Waals surface area contributed by atoms with Gasteiger partial charge in [0.15, 0.2) is 17.3 Å². The Morgan fingerprint density at radius 2 is 1.94 bits per heavy atom. The van der Waals surface area contributed by atoms with Crippen molar-refractivity contribution in [1.29, 1.82) is 0 Å². The van der Waals surface area contributed by atoms with Crippen LogP contribution in [0.3, 0.4) is 0 Å². The fourth-order valence-electron chi connectivity index (χ4n) is 4.01. The van der Waals surface area contributed by atoms with Gasteiger partial charge < -0.3 is 10.2 Å². The van der Waals surface area contributed by atoms with Gasteiger partial charge in [-0.15, -0.1) is 0 Å². The van der Waals surface area contributed by atoms with Crippen LogP contribution in [0, 0.1) is 0 Å². The molecule has 3 aromatic rings. The lowest BCUT2D eigenvalue weighted by atomic mass is 10.1. The van der Waals surface area contributed by atoms with Crippen LogP contribution in [0.2, 0.25) is 5.02 Å². The van der Waals surface area contributed by atoms with Crippen molar-refractivity contribution in [3.8, 4) is 0 Å². The molecule has 1 fully saturated rings. The Labute approximate surface area is 196 Å². The summed E-state index contributed by atoms with van der Waals surface area (Å²) in [5.41, 5.74) is 1.34. The molecule has 4 heterocycles. The molecule has 0 radical (unpaired) electrons. The van der Waals surface area contributed by atoms with Gasteiger partial charge in [-0.05, 0) is 24.4 Å². The van der Waals surface area contributed by atoms with Crippen LogP contribution < -0.4 is 10.2 Å². The molecule has 170 valence electrons. The average molecular weight is 485 g/mol. The van der Waals surface area contributed by atoms with Crippen molar-refractivity contribution < 1.29 is 8.42 Å². The Balaban J connectivity index is 1.50. The molecule has 2 aromatic heterocycles. The third-order valence-corrected chi connectivity index (χ3v) is 7.35. The first-order valence-electron chi connectivity index (χ1n) is 10.4. The number of sulfonamides is 1. The summed E-state index contributed by atoms with van der Waals surface area (Å²) in [6, 6.07) is 10.1. The molecule has 2 aliphatic heterocycles. The summed E-state index contributed by atoms with van der Waals surface area (Å²) in [6.45, 7) is 3.83. The standard InChI is InChI=1S/C21H21ClN8O2S/c1-13(27-20-18-19(24-11-23-18)25-12-26-20)16-10-14-4-3-5-15(22)17(14)21(28-16)29-6-8-30(9-7-29)33(2,31)32/h3-5,10,12-13H,6-9H2,1-2H3,(H,25,26,27). The minimum atomic E-state index is -3.23. The Morgan fingerprint density at radius 1 is 1.15 bits per heavy atom. The Hall–Kier alpha value is -3.11. The van der Waals surface area contributed by atoms with Gasteiger partial charge in [0.25, 0.3) is 0 Å². The second kappa shape index (κ2) is 8.35. The van der Waals surface area contributed by atoms with Gasteiger partial charge >= 0.3 is 0 Å². The van der Waals surface area contributed by atoms with Gasteiger partial charge in [0, 0.05) is 31.6 Å². The fraction of sp³-hybridized carbons (Fsp3) is 0.333. The van der Waals surface area contributed by atoms with Gasteiger partial charge in [0.2, 0.25) is 10.0 Å². The molecule has 2 aliphatic rings. The normalized spacial score (nSPS) is 16.9. The number of rotatable bonds is 5. The Bertz CT molecular complexity index is 1410. The Kier molecular flexibility index (Phi) is 5.49. The van der Waals surface area contributed by atoms with E-state index < -0.39 is 10.0 Å². The Morgan fingerprint density at radius 3 is 2.70 bits per heavy atom. The van der Waals surface area contributed by atoms with E-state index in [1.54, 1.807) is 0 Å². The second-order valence-electron chi connectivity index (χ2n) is 7.94. The lowest BCUT2D eigenvalue weighted by molar-refractivity contribution is 0.387. The smallest absolute Gasteiger partial charge is 0.211 e. The summed E-state index contributed by atoms with van der Waals surface area (Å²) in [4.78, 5) is 23.6. The number of benzene rings is 1. The highest BCUT2D eigenvalue weighted by molar-refractivity contribution is 7.88. The molecule has 1 saturated heterocycles. The second-order valence-corrected chi connectivity index (χ2v) is 10.3. The van der Waals surface area contributed by atoms with E-state index in [0.29, 0.717) is 48.5 Å². The number of aliphatic imine (C=N–C) groups is 2. The van der Waals surface area contributed by atoms with E-state index in [-0.39, 0.29) is 6.04 Å². The van der Waals surface area contributed by atoms with E-state index >= 15 is 0 Å². The zero-order chi connectivity index (χ0) is 23.2. The topological polar surface area (TPSA) is 116 Å². The maximum atomic E-state index is 11.9. The first-order chi connectivity index (χ1) is 15.8. The highest BCUT2D eigenvalue weighted by atomic mass is 35.5. The highest BCUT2D eigenvalue weighted by Gasteiger charge is 2.26. The van der Waals surface area contributed by atoms with Crippen molar-refractivity contribution in [2.24, 2.45) is 9.98 Å². The zero-order valence-electron chi connectivity index (χ0n) is 18.0. The molecule has 1 aromatic carbocycles. The molecule has 1 unspecified atom stereocenters. The van der Waals surface area contributed by atoms with Crippen LogP contribution in [0.5, 0.6) is 0 Å². The van der Waals surface area contributed by atoms with Crippen molar-refractivity contribution >= 4 is 61.5 Å². The predicted octanol–water partition coefficient (Wildman–Crippen LogP) is 3.38. The van der Waals surface area contributed by atoms with E-state index in [1.165, 1.54) is 16.9 Å². The van der Waals surface area contributed by atoms with Crippen LogP contribution in [-0.2, 0) is 10.0 Å². The largest absolute Gasteiger partial charge is 0.360 e. The molecule has 0 spiro atoms. The van der Waals surface area contributed by atoms with Crippen molar-refractivity contribution in [3.63, 3.8) is 0 Å². The maximum absolute atomic E-state index is 11.9. The molecule has 12 heteroatoms. The molecule has 0 bridgehead atoms. The lowest BCUT2D eigenvalue weighted by Gasteiger charge is -2.35. The van der Waals surface area contributed by atoms with Gasteiger partial charge in [-0.2, -0.15) is 14.3 Å². The van der Waals surface area contributed by atoms with Crippen molar-refractivity contribution in [1.82, 2.24) is 19.3 Å². The quantitative estimate of drug-likeness (QED) is 0.461. The molecular weight excluding hydrogens is 464 g/mol. The van der Waals surface area contributed by atoms with Gasteiger partial charge in [0.05, 0.1) is 23.0 Å². The van der Waals surface area contributed by atoms with E-state index in [9.17, 15) is 8.42 Å². The summed E-state index contributed by atoms with van der Waals surface area (Å²) < 4.78 is 25.3. The monoisotopic (exact) mass is 484 g/mol. The predicted molar refractivity (Wildman–Crippen MR) is 129 cm³/mol. The zero-order valence-corrected chi connectivity index (χ0v) is 19.6. The summed E-state index contributed by atoms with van der Waals surface area (Å²) >= 11 is 6.57. The fourth-order valence-corrected chi connectivity index (χ4v) is 5.10. The van der Waals surface area contributed by atoms with E-state index in [0.717, 1.165) is 22.3 Å². The highest BCUT2D eigenvalue weighted by Crippen LogP contribution is 2.37. The van der Waals surface area contributed by atoms with Crippen LogP contribution >= 0.6 is 11.6 Å². The number of anilines is 2. The number of hydrogen-bond acceptors (Lipinski definition) is 9.